The van der Waals surface area contributed by atoms with Crippen LogP contribution in [-0.4, -0.2) is 16.8 Å². The maximum atomic E-state index is 12.4. The molecule has 0 bridgehead atoms. The Morgan fingerprint density at radius 3 is 1.56 bits per heavy atom. The smallest absolute Gasteiger partial charge is 0.261 e. The molecule has 0 aliphatic heterocycles. The number of hydrogen-bond acceptors (Lipinski definition) is 4. The van der Waals surface area contributed by atoms with E-state index in [1.807, 2.05) is 24.3 Å². The second kappa shape index (κ2) is 10.1. The quantitative estimate of drug-likeness (QED) is 0.326. The molecule has 0 aliphatic rings. The number of benzene rings is 4. The fourth-order valence-electron chi connectivity index (χ4n) is 3.35. The van der Waals surface area contributed by atoms with Crippen LogP contribution in [0, 0.1) is 0 Å². The van der Waals surface area contributed by atoms with Gasteiger partial charge in [-0.15, -0.1) is 5.69 Å². The minimum absolute atomic E-state index is 0.161. The van der Waals surface area contributed by atoms with Crippen molar-refractivity contribution in [3.05, 3.63) is 125 Å². The van der Waals surface area contributed by atoms with Crippen molar-refractivity contribution in [2.24, 2.45) is 0 Å². The van der Waals surface area contributed by atoms with Crippen LogP contribution in [-0.2, 0) is 32.9 Å². The third kappa shape index (κ3) is 6.03. The van der Waals surface area contributed by atoms with Gasteiger partial charge in [0.25, 0.3) is 10.0 Å². The summed E-state index contributed by atoms with van der Waals surface area (Å²) in [6, 6.07) is 30.7. The van der Waals surface area contributed by atoms with Crippen molar-refractivity contribution in [3.8, 4) is 0 Å². The van der Waals surface area contributed by atoms with E-state index in [-0.39, 0.29) is 9.79 Å². The maximum absolute atomic E-state index is 12.4. The van der Waals surface area contributed by atoms with Gasteiger partial charge in [-0.25, -0.2) is 16.8 Å². The van der Waals surface area contributed by atoms with Crippen molar-refractivity contribution in [2.45, 2.75) is 22.6 Å². The first-order valence-electron chi connectivity index (χ1n) is 10.6. The standard InChI is InChI=1S/C26H23N2O4S2/c29-33(30,25-7-3-1-4-8-25)27-23-17-13-21(14-18-23)11-12-22-15-19-24(20-16-22)28-34(31,32)26-9-5-2-6-10-26/h1-10,13-20,27H,11-12H2/q-1. The van der Waals surface area contributed by atoms with Gasteiger partial charge in [-0.1, -0.05) is 72.8 Å². The van der Waals surface area contributed by atoms with E-state index in [9.17, 15) is 16.8 Å². The normalized spacial score (nSPS) is 11.6. The van der Waals surface area contributed by atoms with Crippen LogP contribution in [0.4, 0.5) is 11.4 Å². The summed E-state index contributed by atoms with van der Waals surface area (Å²) < 4.78 is 56.1. The topological polar surface area (TPSA) is 94.4 Å². The van der Waals surface area contributed by atoms with Gasteiger partial charge in [-0.05, 0) is 60.4 Å². The van der Waals surface area contributed by atoms with Gasteiger partial charge < -0.3 is 4.72 Å². The number of nitrogens with zero attached hydrogens (tertiary/aromatic N) is 1. The third-order valence-corrected chi connectivity index (χ3v) is 7.88. The lowest BCUT2D eigenvalue weighted by Gasteiger charge is -2.22. The van der Waals surface area contributed by atoms with Gasteiger partial charge in [-0.2, -0.15) is 0 Å². The van der Waals surface area contributed by atoms with Gasteiger partial charge in [-0.3, -0.25) is 4.72 Å². The van der Waals surface area contributed by atoms with Crippen LogP contribution < -0.4 is 4.72 Å². The van der Waals surface area contributed by atoms with E-state index < -0.39 is 20.0 Å². The highest BCUT2D eigenvalue weighted by Gasteiger charge is 2.13. The van der Waals surface area contributed by atoms with Crippen LogP contribution in [0.2, 0.25) is 0 Å². The zero-order valence-corrected chi connectivity index (χ0v) is 19.8. The van der Waals surface area contributed by atoms with Crippen molar-refractivity contribution < 1.29 is 16.8 Å². The van der Waals surface area contributed by atoms with Crippen molar-refractivity contribution >= 4 is 31.4 Å². The van der Waals surface area contributed by atoms with Crippen molar-refractivity contribution in [3.63, 3.8) is 0 Å². The molecule has 34 heavy (non-hydrogen) atoms. The molecule has 0 aliphatic carbocycles. The summed E-state index contributed by atoms with van der Waals surface area (Å²) >= 11 is 0. The molecule has 1 N–H and O–H groups in total. The molecule has 4 aromatic carbocycles. The molecule has 6 nitrogen and oxygen atoms in total. The number of rotatable bonds is 9. The molecule has 0 saturated carbocycles. The minimum atomic E-state index is -3.74. The van der Waals surface area contributed by atoms with Crippen LogP contribution in [0.25, 0.3) is 4.72 Å². The zero-order valence-electron chi connectivity index (χ0n) is 18.2. The zero-order chi connectivity index (χ0) is 24.0. The average molecular weight is 492 g/mol. The molecule has 174 valence electrons. The number of hydrogen-bond donors (Lipinski definition) is 1. The van der Waals surface area contributed by atoms with Crippen LogP contribution in [0.15, 0.2) is 119 Å². The number of sulfonamides is 2. The van der Waals surface area contributed by atoms with Crippen LogP contribution in [0.1, 0.15) is 11.1 Å². The predicted octanol–water partition coefficient (Wildman–Crippen LogP) is 5.67. The van der Waals surface area contributed by atoms with E-state index in [1.165, 1.54) is 12.1 Å². The lowest BCUT2D eigenvalue weighted by Crippen LogP contribution is -2.12. The minimum Gasteiger partial charge on any atom is -0.573 e. The van der Waals surface area contributed by atoms with E-state index in [4.69, 9.17) is 0 Å². The fraction of sp³-hybridized carbons (Fsp3) is 0.0769. The molecule has 0 atom stereocenters. The van der Waals surface area contributed by atoms with Gasteiger partial charge in [0.15, 0.2) is 0 Å². The monoisotopic (exact) mass is 491 g/mol. The molecule has 0 amide bonds. The summed E-state index contributed by atoms with van der Waals surface area (Å²) in [6.45, 7) is 0. The van der Waals surface area contributed by atoms with Crippen LogP contribution in [0.3, 0.4) is 0 Å². The van der Waals surface area contributed by atoms with Crippen molar-refractivity contribution in [1.82, 2.24) is 0 Å². The maximum Gasteiger partial charge on any atom is 0.261 e. The van der Waals surface area contributed by atoms with Gasteiger partial charge >= 0.3 is 0 Å². The van der Waals surface area contributed by atoms with E-state index in [0.29, 0.717) is 11.4 Å². The molecule has 4 rings (SSSR count). The third-order valence-electron chi connectivity index (χ3n) is 5.17. The second-order valence-corrected chi connectivity index (χ2v) is 10.9. The number of anilines is 1. The highest BCUT2D eigenvalue weighted by atomic mass is 32.2. The number of aryl methyl sites for hydroxylation is 2. The van der Waals surface area contributed by atoms with E-state index in [1.54, 1.807) is 72.8 Å². The Balaban J connectivity index is 1.33. The van der Waals surface area contributed by atoms with Gasteiger partial charge in [0.1, 0.15) is 10.0 Å². The first-order chi connectivity index (χ1) is 16.3. The molecule has 8 heteroatoms. The number of nitrogens with one attached hydrogen (secondary N) is 1. The molecule has 0 radical (unpaired) electrons. The Labute approximate surface area is 200 Å². The van der Waals surface area contributed by atoms with E-state index in [2.05, 4.69) is 9.44 Å². The fourth-order valence-corrected chi connectivity index (χ4v) is 5.43. The Morgan fingerprint density at radius 1 is 0.559 bits per heavy atom. The Kier molecular flexibility index (Phi) is 7.00. The summed E-state index contributed by atoms with van der Waals surface area (Å²) in [5, 5.41) is 0. The first-order valence-corrected chi connectivity index (χ1v) is 13.5. The van der Waals surface area contributed by atoms with E-state index >= 15 is 0 Å². The molecule has 4 aromatic rings. The van der Waals surface area contributed by atoms with Gasteiger partial charge in [0, 0.05) is 5.69 Å². The molecule has 0 saturated heterocycles. The average Bonchev–Trinajstić information content (AvgIpc) is 2.85. The summed E-state index contributed by atoms with van der Waals surface area (Å²) in [5.41, 5.74) is 2.98. The van der Waals surface area contributed by atoms with Gasteiger partial charge in [0.2, 0.25) is 0 Å². The predicted molar refractivity (Wildman–Crippen MR) is 134 cm³/mol. The first kappa shape index (κ1) is 23.5. The summed E-state index contributed by atoms with van der Waals surface area (Å²) in [6.07, 6.45) is 1.51. The Morgan fingerprint density at radius 2 is 1.03 bits per heavy atom. The summed E-state index contributed by atoms with van der Waals surface area (Å²) in [4.78, 5) is 0.374. The summed E-state index contributed by atoms with van der Waals surface area (Å²) in [5.74, 6) is 0. The van der Waals surface area contributed by atoms with Crippen LogP contribution in [0.5, 0.6) is 0 Å². The van der Waals surface area contributed by atoms with Gasteiger partial charge in [0.05, 0.1) is 9.79 Å². The molecular formula is C26H23N2O4S2-. The highest BCUT2D eigenvalue weighted by molar-refractivity contribution is 7.94. The lowest BCUT2D eigenvalue weighted by atomic mass is 10.0. The van der Waals surface area contributed by atoms with E-state index in [0.717, 1.165) is 24.0 Å². The molecule has 0 spiro atoms. The second-order valence-electron chi connectivity index (χ2n) is 7.66. The molecular weight excluding hydrogens is 468 g/mol. The molecule has 0 fully saturated rings. The molecule has 0 unspecified atom stereocenters. The Hall–Kier alpha value is -3.62. The lowest BCUT2D eigenvalue weighted by molar-refractivity contribution is 0.600. The van der Waals surface area contributed by atoms with Crippen molar-refractivity contribution in [1.29, 1.82) is 0 Å². The highest BCUT2D eigenvalue weighted by Crippen LogP contribution is 2.28. The molecule has 0 aromatic heterocycles. The SMILES string of the molecule is O=S(=O)([N-]c1ccc(CCc2ccc(NS(=O)(=O)c3ccccc3)cc2)cc1)c1ccccc1. The van der Waals surface area contributed by atoms with Crippen LogP contribution >= 0.6 is 0 Å². The molecule has 0 heterocycles. The van der Waals surface area contributed by atoms with Crippen molar-refractivity contribution in [2.75, 3.05) is 4.72 Å². The summed E-state index contributed by atoms with van der Waals surface area (Å²) in [7, 11) is -7.36. The largest absolute Gasteiger partial charge is 0.573 e. The Bertz CT molecular complexity index is 1320.